The zero-order valence-corrected chi connectivity index (χ0v) is 18.1. The van der Waals surface area contributed by atoms with E-state index in [1.165, 1.54) is 47.4 Å². The van der Waals surface area contributed by atoms with Crippen LogP contribution < -0.4 is 5.32 Å². The summed E-state index contributed by atoms with van der Waals surface area (Å²) in [5.41, 5.74) is 2.86. The SMILES string of the molecule is Cc1cc(Br)ccc1NC(=O)Cc1csc(SCC(=O)c2ccc(F)cc2)n1. The Balaban J connectivity index is 1.52. The fourth-order valence-electron chi connectivity index (χ4n) is 2.41. The molecule has 0 unspecified atom stereocenters. The summed E-state index contributed by atoms with van der Waals surface area (Å²) in [6.45, 7) is 1.93. The largest absolute Gasteiger partial charge is 0.326 e. The summed E-state index contributed by atoms with van der Waals surface area (Å²) >= 11 is 6.10. The molecule has 1 N–H and O–H groups in total. The van der Waals surface area contributed by atoms with E-state index >= 15 is 0 Å². The molecule has 8 heteroatoms. The van der Waals surface area contributed by atoms with Crippen LogP contribution in [0.15, 0.2) is 56.7 Å². The topological polar surface area (TPSA) is 59.1 Å². The first-order valence-electron chi connectivity index (χ1n) is 8.32. The predicted octanol–water partition coefficient (Wildman–Crippen LogP) is 5.51. The van der Waals surface area contributed by atoms with E-state index in [0.717, 1.165) is 20.1 Å². The molecule has 0 radical (unpaired) electrons. The number of thioether (sulfide) groups is 1. The zero-order valence-electron chi connectivity index (χ0n) is 14.9. The molecule has 0 aliphatic carbocycles. The van der Waals surface area contributed by atoms with Gasteiger partial charge in [-0.05, 0) is 55.0 Å². The summed E-state index contributed by atoms with van der Waals surface area (Å²) in [4.78, 5) is 28.8. The van der Waals surface area contributed by atoms with E-state index in [2.05, 4.69) is 26.2 Å². The van der Waals surface area contributed by atoms with Gasteiger partial charge >= 0.3 is 0 Å². The highest BCUT2D eigenvalue weighted by Gasteiger charge is 2.12. The van der Waals surface area contributed by atoms with Gasteiger partial charge in [-0.2, -0.15) is 0 Å². The van der Waals surface area contributed by atoms with Crippen molar-refractivity contribution in [2.45, 2.75) is 17.7 Å². The van der Waals surface area contributed by atoms with Crippen molar-refractivity contribution in [3.63, 3.8) is 0 Å². The number of thiazole rings is 1. The van der Waals surface area contributed by atoms with Crippen molar-refractivity contribution in [1.29, 1.82) is 0 Å². The molecule has 0 aliphatic heterocycles. The molecule has 144 valence electrons. The Morgan fingerprint density at radius 3 is 2.68 bits per heavy atom. The van der Waals surface area contributed by atoms with E-state index in [4.69, 9.17) is 0 Å². The van der Waals surface area contributed by atoms with Crippen molar-refractivity contribution in [2.75, 3.05) is 11.1 Å². The van der Waals surface area contributed by atoms with Crippen molar-refractivity contribution in [2.24, 2.45) is 0 Å². The van der Waals surface area contributed by atoms with Gasteiger partial charge in [0.05, 0.1) is 17.9 Å². The number of hydrogen-bond acceptors (Lipinski definition) is 5. The minimum Gasteiger partial charge on any atom is -0.326 e. The molecule has 0 saturated heterocycles. The van der Waals surface area contributed by atoms with Gasteiger partial charge < -0.3 is 5.32 Å². The van der Waals surface area contributed by atoms with Crippen molar-refractivity contribution in [1.82, 2.24) is 4.98 Å². The number of nitrogens with zero attached hydrogens (tertiary/aromatic N) is 1. The molecule has 0 spiro atoms. The van der Waals surface area contributed by atoms with Crippen molar-refractivity contribution in [3.8, 4) is 0 Å². The maximum atomic E-state index is 12.9. The van der Waals surface area contributed by atoms with Gasteiger partial charge in [0.25, 0.3) is 0 Å². The molecule has 28 heavy (non-hydrogen) atoms. The zero-order chi connectivity index (χ0) is 20.1. The molecule has 4 nitrogen and oxygen atoms in total. The average molecular weight is 479 g/mol. The van der Waals surface area contributed by atoms with E-state index in [1.54, 1.807) is 0 Å². The third-order valence-electron chi connectivity index (χ3n) is 3.83. The average Bonchev–Trinajstić information content (AvgIpc) is 3.10. The lowest BCUT2D eigenvalue weighted by molar-refractivity contribution is -0.115. The van der Waals surface area contributed by atoms with Crippen LogP contribution in [0.25, 0.3) is 0 Å². The molecule has 2 aromatic carbocycles. The Morgan fingerprint density at radius 2 is 1.96 bits per heavy atom. The van der Waals surface area contributed by atoms with Crippen LogP contribution in [0.4, 0.5) is 10.1 Å². The highest BCUT2D eigenvalue weighted by atomic mass is 79.9. The van der Waals surface area contributed by atoms with Crippen molar-refractivity contribution < 1.29 is 14.0 Å². The van der Waals surface area contributed by atoms with Gasteiger partial charge in [0.1, 0.15) is 5.82 Å². The number of nitrogens with one attached hydrogen (secondary N) is 1. The van der Waals surface area contributed by atoms with E-state index in [9.17, 15) is 14.0 Å². The van der Waals surface area contributed by atoms with Crippen LogP contribution in [0.5, 0.6) is 0 Å². The predicted molar refractivity (Wildman–Crippen MR) is 115 cm³/mol. The molecule has 1 aromatic heterocycles. The van der Waals surface area contributed by atoms with Crippen LogP contribution in [0.2, 0.25) is 0 Å². The Bertz CT molecular complexity index is 1010. The van der Waals surface area contributed by atoms with E-state index in [0.29, 0.717) is 11.3 Å². The fraction of sp³-hybridized carbons (Fsp3) is 0.150. The molecular formula is C20H16BrFN2O2S2. The molecule has 0 bridgehead atoms. The summed E-state index contributed by atoms with van der Waals surface area (Å²) in [5, 5.41) is 4.70. The maximum absolute atomic E-state index is 12.9. The number of ketones is 1. The third-order valence-corrected chi connectivity index (χ3v) is 6.39. The van der Waals surface area contributed by atoms with Crippen LogP contribution in [0.1, 0.15) is 21.6 Å². The highest BCUT2D eigenvalue weighted by molar-refractivity contribution is 9.10. The second kappa shape index (κ2) is 9.45. The number of aryl methyl sites for hydroxylation is 1. The lowest BCUT2D eigenvalue weighted by atomic mass is 10.1. The summed E-state index contributed by atoms with van der Waals surface area (Å²) in [6, 6.07) is 11.1. The van der Waals surface area contributed by atoms with Gasteiger partial charge in [-0.3, -0.25) is 9.59 Å². The first kappa shape index (κ1) is 20.7. The molecule has 3 aromatic rings. The lowest BCUT2D eigenvalue weighted by Gasteiger charge is -2.07. The number of halogens is 2. The minimum atomic E-state index is -0.370. The molecule has 0 atom stereocenters. The molecule has 0 saturated carbocycles. The molecule has 0 fully saturated rings. The fourth-order valence-corrected chi connectivity index (χ4v) is 4.62. The summed E-state index contributed by atoms with van der Waals surface area (Å²) < 4.78 is 14.6. The van der Waals surface area contributed by atoms with E-state index in [-0.39, 0.29) is 29.7 Å². The van der Waals surface area contributed by atoms with E-state index < -0.39 is 0 Å². The first-order chi connectivity index (χ1) is 13.4. The van der Waals surface area contributed by atoms with Gasteiger partial charge in [-0.25, -0.2) is 9.37 Å². The lowest BCUT2D eigenvalue weighted by Crippen LogP contribution is -2.15. The Morgan fingerprint density at radius 1 is 1.21 bits per heavy atom. The number of rotatable bonds is 7. The highest BCUT2D eigenvalue weighted by Crippen LogP contribution is 2.24. The summed E-state index contributed by atoms with van der Waals surface area (Å²) in [5.74, 6) is -0.395. The first-order valence-corrected chi connectivity index (χ1v) is 11.0. The quantitative estimate of drug-likeness (QED) is 0.359. The number of carbonyl (C=O) groups is 2. The molecule has 0 aliphatic rings. The number of amides is 1. The smallest absolute Gasteiger partial charge is 0.230 e. The van der Waals surface area contributed by atoms with Gasteiger partial charge in [0, 0.05) is 21.1 Å². The normalized spacial score (nSPS) is 10.7. The Hall–Kier alpha value is -2.03. The summed E-state index contributed by atoms with van der Waals surface area (Å²) in [6.07, 6.45) is 0.165. The van der Waals surface area contributed by atoms with Gasteiger partial charge in [0.2, 0.25) is 5.91 Å². The second-order valence-corrected chi connectivity index (χ2v) is 9.00. The molecule has 1 heterocycles. The van der Waals surface area contributed by atoms with Crippen LogP contribution >= 0.6 is 39.0 Å². The number of aromatic nitrogens is 1. The van der Waals surface area contributed by atoms with Gasteiger partial charge in [-0.15, -0.1) is 11.3 Å². The Labute approximate surface area is 178 Å². The van der Waals surface area contributed by atoms with Crippen LogP contribution in [0, 0.1) is 12.7 Å². The number of benzene rings is 2. The Kier molecular flexibility index (Phi) is 6.98. The second-order valence-electron chi connectivity index (χ2n) is 6.01. The molecule has 3 rings (SSSR count). The molecular weight excluding hydrogens is 463 g/mol. The number of anilines is 1. The van der Waals surface area contributed by atoms with Crippen LogP contribution in [-0.4, -0.2) is 22.4 Å². The number of Topliss-reactive ketones (excluding diaryl/α,β-unsaturated/α-hetero) is 1. The molecule has 1 amide bonds. The van der Waals surface area contributed by atoms with E-state index in [1.807, 2.05) is 30.5 Å². The minimum absolute atomic E-state index is 0.0924. The maximum Gasteiger partial charge on any atom is 0.230 e. The van der Waals surface area contributed by atoms with Crippen LogP contribution in [-0.2, 0) is 11.2 Å². The van der Waals surface area contributed by atoms with Gasteiger partial charge in [-0.1, -0.05) is 27.7 Å². The number of hydrogen-bond donors (Lipinski definition) is 1. The third kappa shape index (κ3) is 5.73. The van der Waals surface area contributed by atoms with Crippen molar-refractivity contribution in [3.05, 3.63) is 75.0 Å². The van der Waals surface area contributed by atoms with Crippen molar-refractivity contribution >= 4 is 56.4 Å². The van der Waals surface area contributed by atoms with Gasteiger partial charge in [0.15, 0.2) is 10.1 Å². The van der Waals surface area contributed by atoms with Crippen LogP contribution in [0.3, 0.4) is 0 Å². The summed E-state index contributed by atoms with van der Waals surface area (Å²) in [7, 11) is 0. The monoisotopic (exact) mass is 478 g/mol. The standard InChI is InChI=1S/C20H16BrFN2O2S2/c1-12-8-14(21)4-7-17(12)24-19(26)9-16-10-27-20(23-16)28-11-18(25)13-2-5-15(22)6-3-13/h2-8,10H,9,11H2,1H3,(H,24,26). The number of carbonyl (C=O) groups excluding carboxylic acids is 2.